The summed E-state index contributed by atoms with van der Waals surface area (Å²) in [6.07, 6.45) is 1.31. The molecule has 0 aliphatic rings. The van der Waals surface area contributed by atoms with E-state index < -0.39 is 29.6 Å². The molecule has 0 fully saturated rings. The number of benzene rings is 1. The van der Waals surface area contributed by atoms with Crippen LogP contribution in [-0.4, -0.2) is 40.6 Å². The van der Waals surface area contributed by atoms with E-state index in [1.807, 2.05) is 0 Å². The minimum absolute atomic E-state index is 0.0172. The number of aromatic nitrogens is 7. The Morgan fingerprint density at radius 3 is 2.55 bits per heavy atom. The summed E-state index contributed by atoms with van der Waals surface area (Å²) in [5, 5.41) is 18.1. The van der Waals surface area contributed by atoms with Crippen LogP contribution in [0.4, 0.5) is 29.2 Å². The second-order valence-corrected chi connectivity index (χ2v) is 9.63. The minimum atomic E-state index is -4.51. The van der Waals surface area contributed by atoms with E-state index in [1.165, 1.54) is 15.4 Å². The maximum atomic E-state index is 14.1. The molecule has 4 heterocycles. The van der Waals surface area contributed by atoms with Crippen molar-refractivity contribution in [3.05, 3.63) is 95.8 Å². The van der Waals surface area contributed by atoms with Crippen LogP contribution in [0.25, 0.3) is 17.1 Å². The highest BCUT2D eigenvalue weighted by molar-refractivity contribution is 5.80. The Kier molecular flexibility index (Phi) is 7.70. The monoisotopic (exact) mass is 579 g/mol. The molecule has 1 amide bonds. The zero-order valence-corrected chi connectivity index (χ0v) is 22.6. The normalized spacial score (nSPS) is 13.0. The van der Waals surface area contributed by atoms with E-state index in [1.54, 1.807) is 69.7 Å². The third kappa shape index (κ3) is 6.27. The molecule has 4 aromatic heterocycles. The number of pyridine rings is 2. The number of alkyl halides is 3. The SMILES string of the molecule is Cc1cc(Nc2cc(C(F)(F)F)ccn2)nc(-c2cn(C(C)C(=O)NC(C)c3cnn(-c4ccccc4F)c3)nn2)c1. The van der Waals surface area contributed by atoms with E-state index in [2.05, 4.69) is 36.0 Å². The molecule has 0 saturated heterocycles. The van der Waals surface area contributed by atoms with E-state index in [0.29, 0.717) is 22.6 Å². The van der Waals surface area contributed by atoms with Crippen LogP contribution in [0.3, 0.4) is 0 Å². The Labute approximate surface area is 237 Å². The summed E-state index contributed by atoms with van der Waals surface area (Å²) in [7, 11) is 0. The van der Waals surface area contributed by atoms with Crippen molar-refractivity contribution in [2.24, 2.45) is 0 Å². The maximum absolute atomic E-state index is 14.1. The molecule has 0 bridgehead atoms. The first-order valence-electron chi connectivity index (χ1n) is 12.8. The van der Waals surface area contributed by atoms with Gasteiger partial charge in [0.15, 0.2) is 0 Å². The Hall–Kier alpha value is -5.14. The number of amides is 1. The van der Waals surface area contributed by atoms with Crippen molar-refractivity contribution in [3.63, 3.8) is 0 Å². The highest BCUT2D eigenvalue weighted by atomic mass is 19.4. The van der Waals surface area contributed by atoms with Gasteiger partial charge in [-0.3, -0.25) is 4.79 Å². The lowest BCUT2D eigenvalue weighted by atomic mass is 10.1. The number of hydrogen-bond donors (Lipinski definition) is 2. The van der Waals surface area contributed by atoms with Crippen molar-refractivity contribution in [2.75, 3.05) is 5.32 Å². The van der Waals surface area contributed by atoms with Gasteiger partial charge in [0.2, 0.25) is 5.91 Å². The lowest BCUT2D eigenvalue weighted by Crippen LogP contribution is -2.33. The molecule has 42 heavy (non-hydrogen) atoms. The molecule has 5 rings (SSSR count). The molecule has 10 nitrogen and oxygen atoms in total. The van der Waals surface area contributed by atoms with Crippen molar-refractivity contribution in [1.29, 1.82) is 0 Å². The highest BCUT2D eigenvalue weighted by Crippen LogP contribution is 2.31. The summed E-state index contributed by atoms with van der Waals surface area (Å²) in [5.41, 5.74) is 1.66. The molecule has 2 atom stereocenters. The van der Waals surface area contributed by atoms with Gasteiger partial charge in [-0.25, -0.2) is 23.7 Å². The van der Waals surface area contributed by atoms with Crippen LogP contribution >= 0.6 is 0 Å². The zero-order valence-electron chi connectivity index (χ0n) is 22.6. The number of aryl methyl sites for hydroxylation is 1. The first-order valence-corrected chi connectivity index (χ1v) is 12.8. The summed E-state index contributed by atoms with van der Waals surface area (Å²) in [4.78, 5) is 21.4. The van der Waals surface area contributed by atoms with Crippen LogP contribution in [0.1, 0.15) is 42.6 Å². The average Bonchev–Trinajstić information content (AvgIpc) is 3.63. The summed E-state index contributed by atoms with van der Waals surface area (Å²) < 4.78 is 56.1. The Morgan fingerprint density at radius 2 is 1.79 bits per heavy atom. The van der Waals surface area contributed by atoms with Gasteiger partial charge < -0.3 is 10.6 Å². The fraction of sp³-hybridized carbons (Fsp3) is 0.214. The van der Waals surface area contributed by atoms with Gasteiger partial charge in [-0.1, -0.05) is 17.3 Å². The third-order valence-electron chi connectivity index (χ3n) is 6.42. The molecule has 0 saturated carbocycles. The topological polar surface area (TPSA) is 115 Å². The van der Waals surface area contributed by atoms with Gasteiger partial charge in [-0.2, -0.15) is 18.3 Å². The molecule has 14 heteroatoms. The second-order valence-electron chi connectivity index (χ2n) is 9.63. The second kappa shape index (κ2) is 11.4. The lowest BCUT2D eigenvalue weighted by molar-refractivity contribution is -0.137. The largest absolute Gasteiger partial charge is 0.416 e. The standard InChI is InChI=1S/C28H25F4N9O/c1-16-10-22(36-26(11-16)37-25-12-20(8-9-33-25)28(30,31)32)23-15-40(39-38-23)18(3)27(42)35-17(2)19-13-34-41(14-19)24-7-5-4-6-21(24)29/h4-15,17-18H,1-3H3,(H,35,42)(H,33,36,37). The van der Waals surface area contributed by atoms with Crippen LogP contribution in [0.15, 0.2) is 73.3 Å². The van der Waals surface area contributed by atoms with Gasteiger partial charge in [0.25, 0.3) is 0 Å². The molecular formula is C28H25F4N9O. The molecule has 0 aliphatic carbocycles. The highest BCUT2D eigenvalue weighted by Gasteiger charge is 2.30. The van der Waals surface area contributed by atoms with Crippen molar-refractivity contribution >= 4 is 17.5 Å². The van der Waals surface area contributed by atoms with Crippen LogP contribution in [0.5, 0.6) is 0 Å². The van der Waals surface area contributed by atoms with Crippen LogP contribution in [0, 0.1) is 12.7 Å². The van der Waals surface area contributed by atoms with Crippen molar-refractivity contribution in [2.45, 2.75) is 39.0 Å². The van der Waals surface area contributed by atoms with Gasteiger partial charge >= 0.3 is 6.18 Å². The van der Waals surface area contributed by atoms with Crippen LogP contribution < -0.4 is 10.6 Å². The molecule has 5 aromatic rings. The quantitative estimate of drug-likeness (QED) is 0.231. The summed E-state index contributed by atoms with van der Waals surface area (Å²) >= 11 is 0. The first-order chi connectivity index (χ1) is 20.0. The smallest absolute Gasteiger partial charge is 0.348 e. The summed E-state index contributed by atoms with van der Waals surface area (Å²) in [6.45, 7) is 5.23. The zero-order chi connectivity index (χ0) is 30.0. The first kappa shape index (κ1) is 28.4. The van der Waals surface area contributed by atoms with E-state index in [-0.39, 0.29) is 17.5 Å². The van der Waals surface area contributed by atoms with Crippen LogP contribution in [0.2, 0.25) is 0 Å². The van der Waals surface area contributed by atoms with E-state index in [9.17, 15) is 22.4 Å². The average molecular weight is 580 g/mol. The van der Waals surface area contributed by atoms with E-state index in [0.717, 1.165) is 23.9 Å². The summed E-state index contributed by atoms with van der Waals surface area (Å²) in [5.74, 6) is -0.510. The maximum Gasteiger partial charge on any atom is 0.416 e. The minimum Gasteiger partial charge on any atom is -0.348 e. The fourth-order valence-electron chi connectivity index (χ4n) is 4.12. The molecule has 2 N–H and O–H groups in total. The third-order valence-corrected chi connectivity index (χ3v) is 6.42. The number of hydrogen-bond acceptors (Lipinski definition) is 7. The molecule has 0 radical (unpaired) electrons. The predicted octanol–water partition coefficient (Wildman–Crippen LogP) is 5.57. The number of carbonyl (C=O) groups excluding carboxylic acids is 1. The van der Waals surface area contributed by atoms with Gasteiger partial charge in [0, 0.05) is 18.0 Å². The van der Waals surface area contributed by atoms with E-state index >= 15 is 0 Å². The predicted molar refractivity (Wildman–Crippen MR) is 145 cm³/mol. The number of nitrogens with zero attached hydrogens (tertiary/aromatic N) is 7. The van der Waals surface area contributed by atoms with Crippen molar-refractivity contribution in [3.8, 4) is 17.1 Å². The van der Waals surface area contributed by atoms with Gasteiger partial charge in [0.05, 0.1) is 29.7 Å². The van der Waals surface area contributed by atoms with Crippen molar-refractivity contribution in [1.82, 2.24) is 40.1 Å². The Morgan fingerprint density at radius 1 is 1.00 bits per heavy atom. The number of nitrogens with one attached hydrogen (secondary N) is 2. The Bertz CT molecular complexity index is 1730. The van der Waals surface area contributed by atoms with Crippen LogP contribution in [-0.2, 0) is 11.0 Å². The molecule has 0 aliphatic heterocycles. The molecule has 1 aromatic carbocycles. The number of carbonyl (C=O) groups is 1. The number of para-hydroxylation sites is 1. The van der Waals surface area contributed by atoms with Crippen molar-refractivity contribution < 1.29 is 22.4 Å². The number of halogens is 4. The van der Waals surface area contributed by atoms with Gasteiger partial charge in [-0.05, 0) is 62.7 Å². The van der Waals surface area contributed by atoms with Gasteiger partial charge in [-0.15, -0.1) is 5.10 Å². The Balaban J connectivity index is 1.27. The molecule has 2 unspecified atom stereocenters. The number of anilines is 2. The van der Waals surface area contributed by atoms with Gasteiger partial charge in [0.1, 0.15) is 34.9 Å². The van der Waals surface area contributed by atoms with E-state index in [4.69, 9.17) is 0 Å². The lowest BCUT2D eigenvalue weighted by Gasteiger charge is -2.16. The molecular weight excluding hydrogens is 554 g/mol. The fourth-order valence-corrected chi connectivity index (χ4v) is 4.12. The molecule has 216 valence electrons. The molecule has 0 spiro atoms. The number of rotatable bonds is 8. The summed E-state index contributed by atoms with van der Waals surface area (Å²) in [6, 6.07) is 10.2.